The number of hydrogen-bond acceptors (Lipinski definition) is 2. The number of benzene rings is 2. The monoisotopic (exact) mass is 383 g/mol. The first kappa shape index (κ1) is 14.1. The molecule has 98 valence electrons. The maximum absolute atomic E-state index is 12.1. The van der Waals surface area contributed by atoms with Crippen LogP contribution >= 0.6 is 31.9 Å². The third-order valence-corrected chi connectivity index (χ3v) is 3.45. The number of anilines is 1. The molecular weight excluding hydrogens is 374 g/mol. The Labute approximate surface area is 127 Å². The van der Waals surface area contributed by atoms with Crippen molar-refractivity contribution in [3.63, 3.8) is 0 Å². The molecule has 0 fully saturated rings. The second-order valence-electron chi connectivity index (χ2n) is 4.13. The first-order valence-corrected chi connectivity index (χ1v) is 7.11. The van der Waals surface area contributed by atoms with Crippen molar-refractivity contribution in [2.45, 2.75) is 6.92 Å². The van der Waals surface area contributed by atoms with Gasteiger partial charge in [0.15, 0.2) is 0 Å². The molecule has 0 spiro atoms. The number of hydrogen-bond donors (Lipinski definition) is 2. The Bertz CT molecular complexity index is 621. The molecule has 3 nitrogen and oxygen atoms in total. The second-order valence-corrected chi connectivity index (χ2v) is 5.96. The molecule has 2 aromatic rings. The zero-order valence-corrected chi connectivity index (χ0v) is 13.2. The maximum atomic E-state index is 12.1. The van der Waals surface area contributed by atoms with Crippen molar-refractivity contribution in [3.8, 4) is 5.75 Å². The molecule has 2 rings (SSSR count). The fraction of sp³-hybridized carbons (Fsp3) is 0.0714. The fourth-order valence-electron chi connectivity index (χ4n) is 1.70. The van der Waals surface area contributed by atoms with E-state index in [0.29, 0.717) is 5.69 Å². The normalized spacial score (nSPS) is 10.3. The van der Waals surface area contributed by atoms with Gasteiger partial charge in [-0.15, -0.1) is 0 Å². The van der Waals surface area contributed by atoms with Crippen molar-refractivity contribution in [1.82, 2.24) is 0 Å². The van der Waals surface area contributed by atoms with E-state index >= 15 is 0 Å². The number of aryl methyl sites for hydroxylation is 1. The Morgan fingerprint density at radius 3 is 2.53 bits per heavy atom. The highest BCUT2D eigenvalue weighted by atomic mass is 79.9. The van der Waals surface area contributed by atoms with E-state index in [1.165, 1.54) is 6.07 Å². The van der Waals surface area contributed by atoms with Crippen molar-refractivity contribution in [2.75, 3.05) is 5.32 Å². The average Bonchev–Trinajstić information content (AvgIpc) is 2.30. The number of carbonyl (C=O) groups is 1. The number of aromatic hydroxyl groups is 1. The molecule has 0 aliphatic carbocycles. The Balaban J connectivity index is 2.28. The summed E-state index contributed by atoms with van der Waals surface area (Å²) >= 11 is 6.65. The minimum atomic E-state index is -0.351. The number of nitrogens with one attached hydrogen (secondary N) is 1. The summed E-state index contributed by atoms with van der Waals surface area (Å²) in [5.74, 6) is -0.399. The van der Waals surface area contributed by atoms with Crippen molar-refractivity contribution >= 4 is 43.5 Å². The number of halogens is 2. The molecule has 5 heteroatoms. The van der Waals surface area contributed by atoms with Crippen LogP contribution in [0.15, 0.2) is 45.3 Å². The number of phenols is 1. The van der Waals surface area contributed by atoms with Crippen LogP contribution in [0.25, 0.3) is 0 Å². The predicted octanol–water partition coefficient (Wildman–Crippen LogP) is 4.48. The van der Waals surface area contributed by atoms with Crippen molar-refractivity contribution < 1.29 is 9.90 Å². The Morgan fingerprint density at radius 1 is 1.11 bits per heavy atom. The lowest BCUT2D eigenvalue weighted by atomic mass is 10.1. The van der Waals surface area contributed by atoms with E-state index in [4.69, 9.17) is 0 Å². The summed E-state index contributed by atoms with van der Waals surface area (Å²) in [6.45, 7) is 1.94. The zero-order chi connectivity index (χ0) is 14.0. The molecule has 0 aromatic heterocycles. The quantitative estimate of drug-likeness (QED) is 0.801. The lowest BCUT2D eigenvalue weighted by molar-refractivity contribution is 0.102. The summed E-state index contributed by atoms with van der Waals surface area (Å²) in [5, 5.41) is 12.5. The Kier molecular flexibility index (Phi) is 4.27. The molecule has 2 aromatic carbocycles. The number of phenolic OH excluding ortho intramolecular Hbond substituents is 1. The summed E-state index contributed by atoms with van der Waals surface area (Å²) < 4.78 is 1.63. The Hall–Kier alpha value is -1.33. The first-order valence-electron chi connectivity index (χ1n) is 5.53. The smallest absolute Gasteiger partial charge is 0.259 e. The first-order chi connectivity index (χ1) is 8.95. The van der Waals surface area contributed by atoms with Crippen molar-refractivity contribution in [2.24, 2.45) is 0 Å². The fourth-order valence-corrected chi connectivity index (χ4v) is 2.67. The van der Waals surface area contributed by atoms with Gasteiger partial charge in [0.25, 0.3) is 5.91 Å². The highest BCUT2D eigenvalue weighted by molar-refractivity contribution is 9.10. The molecular formula is C14H11Br2NO2. The summed E-state index contributed by atoms with van der Waals surface area (Å²) in [6.07, 6.45) is 0. The minimum absolute atomic E-state index is 0.0487. The molecule has 1 amide bonds. The van der Waals surface area contributed by atoms with Crippen LogP contribution in [0.4, 0.5) is 5.69 Å². The van der Waals surface area contributed by atoms with Crippen LogP contribution in [0, 0.1) is 6.92 Å². The SMILES string of the molecule is Cc1cc(Br)cc(NC(=O)c2cc(Br)ccc2O)c1. The largest absolute Gasteiger partial charge is 0.507 e. The lowest BCUT2D eigenvalue weighted by Crippen LogP contribution is -2.12. The molecule has 0 radical (unpaired) electrons. The molecule has 0 aliphatic rings. The minimum Gasteiger partial charge on any atom is -0.507 e. The maximum Gasteiger partial charge on any atom is 0.259 e. The molecule has 0 atom stereocenters. The molecule has 2 N–H and O–H groups in total. The van der Waals surface area contributed by atoms with Crippen molar-refractivity contribution in [3.05, 3.63) is 56.5 Å². The molecule has 0 heterocycles. The average molecular weight is 385 g/mol. The number of carbonyl (C=O) groups excluding carboxylic acids is 1. The van der Waals surface area contributed by atoms with Gasteiger partial charge in [0.1, 0.15) is 5.75 Å². The van der Waals surface area contributed by atoms with Crippen LogP contribution in [-0.2, 0) is 0 Å². The van der Waals surface area contributed by atoms with Gasteiger partial charge in [-0.3, -0.25) is 4.79 Å². The molecule has 0 unspecified atom stereocenters. The van der Waals surface area contributed by atoms with Crippen LogP contribution in [0.5, 0.6) is 5.75 Å². The Morgan fingerprint density at radius 2 is 1.84 bits per heavy atom. The van der Waals surface area contributed by atoms with Gasteiger partial charge < -0.3 is 10.4 Å². The summed E-state index contributed by atoms with van der Waals surface area (Å²) in [4.78, 5) is 12.1. The predicted molar refractivity (Wildman–Crippen MR) is 82.6 cm³/mol. The van der Waals surface area contributed by atoms with E-state index in [2.05, 4.69) is 37.2 Å². The second kappa shape index (κ2) is 5.75. The van der Waals surface area contributed by atoms with E-state index in [9.17, 15) is 9.90 Å². The van der Waals surface area contributed by atoms with Gasteiger partial charge in [-0.2, -0.15) is 0 Å². The van der Waals surface area contributed by atoms with E-state index in [-0.39, 0.29) is 17.2 Å². The summed E-state index contributed by atoms with van der Waals surface area (Å²) in [7, 11) is 0. The topological polar surface area (TPSA) is 49.3 Å². The van der Waals surface area contributed by atoms with Crippen LogP contribution in [-0.4, -0.2) is 11.0 Å². The van der Waals surface area contributed by atoms with Crippen LogP contribution in [0.3, 0.4) is 0 Å². The van der Waals surface area contributed by atoms with Crippen LogP contribution in [0.1, 0.15) is 15.9 Å². The van der Waals surface area contributed by atoms with Gasteiger partial charge in [-0.25, -0.2) is 0 Å². The lowest BCUT2D eigenvalue weighted by Gasteiger charge is -2.08. The number of amides is 1. The summed E-state index contributed by atoms with van der Waals surface area (Å²) in [5.41, 5.74) is 1.94. The van der Waals surface area contributed by atoms with Gasteiger partial charge in [0, 0.05) is 14.6 Å². The van der Waals surface area contributed by atoms with Gasteiger partial charge in [0.05, 0.1) is 5.56 Å². The van der Waals surface area contributed by atoms with Gasteiger partial charge in [0.2, 0.25) is 0 Å². The van der Waals surface area contributed by atoms with Gasteiger partial charge in [-0.1, -0.05) is 31.9 Å². The number of rotatable bonds is 2. The van der Waals surface area contributed by atoms with E-state index in [1.807, 2.05) is 19.1 Å². The highest BCUT2D eigenvalue weighted by Crippen LogP contribution is 2.24. The third-order valence-electron chi connectivity index (χ3n) is 2.50. The van der Waals surface area contributed by atoms with Crippen LogP contribution in [0.2, 0.25) is 0 Å². The summed E-state index contributed by atoms with van der Waals surface area (Å²) in [6, 6.07) is 10.3. The molecule has 0 saturated heterocycles. The van der Waals surface area contributed by atoms with Gasteiger partial charge in [-0.05, 0) is 48.9 Å². The van der Waals surface area contributed by atoms with E-state index in [1.54, 1.807) is 18.2 Å². The van der Waals surface area contributed by atoms with Crippen molar-refractivity contribution in [1.29, 1.82) is 0 Å². The highest BCUT2D eigenvalue weighted by Gasteiger charge is 2.12. The molecule has 19 heavy (non-hydrogen) atoms. The van der Waals surface area contributed by atoms with E-state index in [0.717, 1.165) is 14.5 Å². The molecule has 0 bridgehead atoms. The molecule has 0 saturated carbocycles. The zero-order valence-electron chi connectivity index (χ0n) is 10.1. The van der Waals surface area contributed by atoms with Crippen LogP contribution < -0.4 is 5.32 Å². The standard InChI is InChI=1S/C14H11Br2NO2/c1-8-4-10(16)6-11(5-8)17-14(19)12-7-9(15)2-3-13(12)18/h2-7,18H,1H3,(H,17,19). The third kappa shape index (κ3) is 3.58. The van der Waals surface area contributed by atoms with Gasteiger partial charge >= 0.3 is 0 Å². The molecule has 0 aliphatic heterocycles. The van der Waals surface area contributed by atoms with E-state index < -0.39 is 0 Å².